The highest BCUT2D eigenvalue weighted by atomic mass is 79.9. The fourth-order valence-corrected chi connectivity index (χ4v) is 4.50. The second-order valence-electron chi connectivity index (χ2n) is 4.31. The number of hydrogen-bond donors (Lipinski definition) is 0. The molecule has 2 heterocycles. The van der Waals surface area contributed by atoms with Crippen molar-refractivity contribution in [2.24, 2.45) is 0 Å². The van der Waals surface area contributed by atoms with Crippen LogP contribution < -0.4 is 0 Å². The molecular formula is C12H12BrN3O2S. The SMILES string of the molecule is O=S(=O)(c1ccccc1Br)N1CCn2ccnc2C1. The quantitative estimate of drug-likeness (QED) is 0.837. The molecule has 3 rings (SSSR count). The Balaban J connectivity index is 1.97. The molecule has 0 saturated heterocycles. The number of benzene rings is 1. The van der Waals surface area contributed by atoms with E-state index in [-0.39, 0.29) is 0 Å². The van der Waals surface area contributed by atoms with E-state index in [1.165, 1.54) is 4.31 Å². The highest BCUT2D eigenvalue weighted by molar-refractivity contribution is 9.10. The Labute approximate surface area is 120 Å². The van der Waals surface area contributed by atoms with Gasteiger partial charge in [-0.05, 0) is 28.1 Å². The first-order valence-corrected chi connectivity index (χ1v) is 8.07. The van der Waals surface area contributed by atoms with Gasteiger partial charge in [0.15, 0.2) is 0 Å². The summed E-state index contributed by atoms with van der Waals surface area (Å²) in [7, 11) is -3.48. The molecule has 1 aromatic carbocycles. The van der Waals surface area contributed by atoms with Gasteiger partial charge in [0.05, 0.1) is 11.4 Å². The van der Waals surface area contributed by atoms with Gasteiger partial charge in [0.25, 0.3) is 0 Å². The zero-order valence-electron chi connectivity index (χ0n) is 10.0. The van der Waals surface area contributed by atoms with Gasteiger partial charge in [0.2, 0.25) is 10.0 Å². The predicted octanol–water partition coefficient (Wildman–Crippen LogP) is 1.85. The summed E-state index contributed by atoms with van der Waals surface area (Å²) in [6.07, 6.45) is 3.57. The third-order valence-corrected chi connectivity index (χ3v) is 6.02. The fraction of sp³-hybridized carbons (Fsp3) is 0.250. The number of halogens is 1. The molecule has 2 aromatic rings. The first-order valence-electron chi connectivity index (χ1n) is 5.84. The lowest BCUT2D eigenvalue weighted by Gasteiger charge is -2.27. The summed E-state index contributed by atoms with van der Waals surface area (Å²) in [4.78, 5) is 4.48. The van der Waals surface area contributed by atoms with E-state index in [0.717, 1.165) is 5.82 Å². The summed E-state index contributed by atoms with van der Waals surface area (Å²) in [5, 5.41) is 0. The molecule has 0 unspecified atom stereocenters. The Kier molecular flexibility index (Phi) is 3.20. The first-order chi connectivity index (χ1) is 9.09. The van der Waals surface area contributed by atoms with Gasteiger partial charge < -0.3 is 4.57 Å². The highest BCUT2D eigenvalue weighted by Gasteiger charge is 2.29. The molecule has 1 aromatic heterocycles. The van der Waals surface area contributed by atoms with Crippen molar-refractivity contribution in [1.29, 1.82) is 0 Å². The number of nitrogens with zero attached hydrogens (tertiary/aromatic N) is 3. The average Bonchev–Trinajstić information content (AvgIpc) is 2.86. The predicted molar refractivity (Wildman–Crippen MR) is 74.0 cm³/mol. The van der Waals surface area contributed by atoms with Crippen LogP contribution in [-0.4, -0.2) is 28.8 Å². The van der Waals surface area contributed by atoms with Crippen molar-refractivity contribution in [3.05, 3.63) is 47.0 Å². The van der Waals surface area contributed by atoms with Crippen molar-refractivity contribution >= 4 is 26.0 Å². The van der Waals surface area contributed by atoms with E-state index in [1.54, 1.807) is 30.5 Å². The van der Waals surface area contributed by atoms with E-state index < -0.39 is 10.0 Å². The van der Waals surface area contributed by atoms with Crippen molar-refractivity contribution < 1.29 is 8.42 Å². The summed E-state index contributed by atoms with van der Waals surface area (Å²) in [5.74, 6) is 0.780. The molecule has 0 N–H and O–H groups in total. The molecule has 0 atom stereocenters. The van der Waals surface area contributed by atoms with Gasteiger partial charge in [-0.25, -0.2) is 13.4 Å². The second-order valence-corrected chi connectivity index (χ2v) is 7.07. The lowest BCUT2D eigenvalue weighted by atomic mass is 10.4. The first kappa shape index (κ1) is 12.8. The van der Waals surface area contributed by atoms with Crippen LogP contribution >= 0.6 is 15.9 Å². The Morgan fingerprint density at radius 2 is 2.00 bits per heavy atom. The molecule has 7 heteroatoms. The van der Waals surface area contributed by atoms with Gasteiger partial charge in [0.1, 0.15) is 5.82 Å². The van der Waals surface area contributed by atoms with Crippen molar-refractivity contribution in [2.75, 3.05) is 6.54 Å². The van der Waals surface area contributed by atoms with Crippen LogP contribution in [0.3, 0.4) is 0 Å². The fourth-order valence-electron chi connectivity index (χ4n) is 2.15. The zero-order valence-corrected chi connectivity index (χ0v) is 12.4. The van der Waals surface area contributed by atoms with Gasteiger partial charge in [-0.1, -0.05) is 12.1 Å². The maximum Gasteiger partial charge on any atom is 0.244 e. The van der Waals surface area contributed by atoms with Crippen molar-refractivity contribution in [3.63, 3.8) is 0 Å². The van der Waals surface area contributed by atoms with Crippen molar-refractivity contribution in [1.82, 2.24) is 13.9 Å². The topological polar surface area (TPSA) is 55.2 Å². The highest BCUT2D eigenvalue weighted by Crippen LogP contribution is 2.26. The largest absolute Gasteiger partial charge is 0.333 e. The van der Waals surface area contributed by atoms with Gasteiger partial charge in [-0.3, -0.25) is 0 Å². The third kappa shape index (κ3) is 2.22. The number of aromatic nitrogens is 2. The normalized spacial score (nSPS) is 16.3. The lowest BCUT2D eigenvalue weighted by Crippen LogP contribution is -2.38. The molecular weight excluding hydrogens is 330 g/mol. The van der Waals surface area contributed by atoms with E-state index in [1.807, 2.05) is 10.8 Å². The minimum absolute atomic E-state index is 0.301. The van der Waals surface area contributed by atoms with E-state index >= 15 is 0 Å². The van der Waals surface area contributed by atoms with Crippen LogP contribution in [-0.2, 0) is 23.1 Å². The number of rotatable bonds is 2. The molecule has 0 amide bonds. The zero-order chi connectivity index (χ0) is 13.5. The van der Waals surface area contributed by atoms with Gasteiger partial charge in [-0.15, -0.1) is 0 Å². The maximum absolute atomic E-state index is 12.6. The molecule has 1 aliphatic heterocycles. The van der Waals surface area contributed by atoms with Crippen LogP contribution in [0.2, 0.25) is 0 Å². The Morgan fingerprint density at radius 3 is 2.79 bits per heavy atom. The molecule has 0 bridgehead atoms. The van der Waals surface area contributed by atoms with E-state index in [4.69, 9.17) is 0 Å². The smallest absolute Gasteiger partial charge is 0.244 e. The average molecular weight is 342 g/mol. The van der Waals surface area contributed by atoms with Gasteiger partial charge >= 0.3 is 0 Å². The van der Waals surface area contributed by atoms with Crippen LogP contribution in [0.15, 0.2) is 46.0 Å². The summed E-state index contributed by atoms with van der Waals surface area (Å²) in [5.41, 5.74) is 0. The van der Waals surface area contributed by atoms with Crippen LogP contribution in [0.1, 0.15) is 5.82 Å². The minimum atomic E-state index is -3.48. The molecule has 0 spiro atoms. The molecule has 0 radical (unpaired) electrons. The monoisotopic (exact) mass is 341 g/mol. The molecule has 5 nitrogen and oxygen atoms in total. The van der Waals surface area contributed by atoms with Gasteiger partial charge in [-0.2, -0.15) is 4.31 Å². The molecule has 1 aliphatic rings. The summed E-state index contributed by atoms with van der Waals surface area (Å²) < 4.78 is 29.2. The Bertz CT molecular complexity index is 711. The third-order valence-electron chi connectivity index (χ3n) is 3.16. The van der Waals surface area contributed by atoms with E-state index in [2.05, 4.69) is 20.9 Å². The lowest BCUT2D eigenvalue weighted by molar-refractivity contribution is 0.335. The number of fused-ring (bicyclic) bond motifs is 1. The summed E-state index contributed by atoms with van der Waals surface area (Å²) in [6, 6.07) is 6.87. The standard InChI is InChI=1S/C12H12BrN3O2S/c13-10-3-1-2-4-11(10)19(17,18)16-8-7-15-6-5-14-12(15)9-16/h1-6H,7-9H2. The van der Waals surface area contributed by atoms with E-state index in [0.29, 0.717) is 29.0 Å². The Morgan fingerprint density at radius 1 is 1.21 bits per heavy atom. The molecule has 0 aliphatic carbocycles. The van der Waals surface area contributed by atoms with Crippen LogP contribution in [0.4, 0.5) is 0 Å². The van der Waals surface area contributed by atoms with Crippen LogP contribution in [0.5, 0.6) is 0 Å². The molecule has 0 saturated carbocycles. The van der Waals surface area contributed by atoms with Crippen LogP contribution in [0.25, 0.3) is 0 Å². The number of imidazole rings is 1. The summed E-state index contributed by atoms with van der Waals surface area (Å²) >= 11 is 3.30. The Hall–Kier alpha value is -1.18. The van der Waals surface area contributed by atoms with Crippen molar-refractivity contribution in [2.45, 2.75) is 18.0 Å². The molecule has 100 valence electrons. The van der Waals surface area contributed by atoms with E-state index in [9.17, 15) is 8.42 Å². The number of sulfonamides is 1. The maximum atomic E-state index is 12.6. The number of hydrogen-bond acceptors (Lipinski definition) is 3. The van der Waals surface area contributed by atoms with Gasteiger partial charge in [0, 0.05) is 30.0 Å². The molecule has 0 fully saturated rings. The minimum Gasteiger partial charge on any atom is -0.333 e. The van der Waals surface area contributed by atoms with Crippen molar-refractivity contribution in [3.8, 4) is 0 Å². The second kappa shape index (κ2) is 4.73. The molecule has 19 heavy (non-hydrogen) atoms. The summed E-state index contributed by atoms with van der Waals surface area (Å²) in [6.45, 7) is 1.42. The van der Waals surface area contributed by atoms with Crippen LogP contribution in [0, 0.1) is 0 Å².